The maximum atomic E-state index is 12.9. The van der Waals surface area contributed by atoms with Gasteiger partial charge in [-0.1, -0.05) is 0 Å². The van der Waals surface area contributed by atoms with Gasteiger partial charge in [0, 0.05) is 24.5 Å². The van der Waals surface area contributed by atoms with Crippen LogP contribution in [0.1, 0.15) is 23.0 Å². The number of carbonyl (C=O) groups is 1. The second-order valence-corrected chi connectivity index (χ2v) is 6.70. The number of hydrogen-bond donors (Lipinski definition) is 1. The van der Waals surface area contributed by atoms with Gasteiger partial charge in [0.2, 0.25) is 0 Å². The van der Waals surface area contributed by atoms with Crippen LogP contribution in [0.15, 0.2) is 42.9 Å². The Balaban J connectivity index is 1.72. The van der Waals surface area contributed by atoms with E-state index < -0.39 is 10.8 Å². The molecule has 1 N–H and O–H groups in total. The van der Waals surface area contributed by atoms with Gasteiger partial charge in [-0.2, -0.15) is 10.2 Å². The minimum Gasteiger partial charge on any atom is -0.496 e. The number of aryl methyl sites for hydroxylation is 2. The molecule has 0 saturated heterocycles. The summed E-state index contributed by atoms with van der Waals surface area (Å²) in [6.45, 7) is 4.61. The zero-order valence-electron chi connectivity index (χ0n) is 17.1. The fraction of sp³-hybridized carbons (Fsp3) is 0.200. The molecule has 0 bridgehead atoms. The van der Waals surface area contributed by atoms with Gasteiger partial charge >= 0.3 is 0 Å². The third kappa shape index (κ3) is 3.56. The lowest BCUT2D eigenvalue weighted by Crippen LogP contribution is -2.13. The molecule has 0 radical (unpaired) electrons. The maximum Gasteiger partial charge on any atom is 0.296 e. The van der Waals surface area contributed by atoms with Gasteiger partial charge < -0.3 is 10.1 Å². The molecule has 4 rings (SSSR count). The maximum absolute atomic E-state index is 12.9. The predicted octanol–water partition coefficient (Wildman–Crippen LogP) is 3.09. The van der Waals surface area contributed by atoms with Gasteiger partial charge in [0.1, 0.15) is 17.0 Å². The van der Waals surface area contributed by atoms with Gasteiger partial charge in [0.05, 0.1) is 35.7 Å². The summed E-state index contributed by atoms with van der Waals surface area (Å²) >= 11 is 0. The molecule has 1 aromatic carbocycles. The Bertz CT molecular complexity index is 1310. The van der Waals surface area contributed by atoms with E-state index in [2.05, 4.69) is 20.5 Å². The number of nitro benzene ring substituents is 1. The van der Waals surface area contributed by atoms with Gasteiger partial charge in [-0.15, -0.1) is 0 Å². The molecule has 0 unspecified atom stereocenters. The zero-order chi connectivity index (χ0) is 22.1. The van der Waals surface area contributed by atoms with Gasteiger partial charge in [-0.25, -0.2) is 9.50 Å². The number of nitro groups is 1. The second kappa shape index (κ2) is 7.86. The lowest BCUT2D eigenvalue weighted by molar-refractivity contribution is -0.384. The molecule has 31 heavy (non-hydrogen) atoms. The van der Waals surface area contributed by atoms with Crippen molar-refractivity contribution in [3.63, 3.8) is 0 Å². The van der Waals surface area contributed by atoms with E-state index >= 15 is 0 Å². The average Bonchev–Trinajstić information content (AvgIpc) is 3.37. The van der Waals surface area contributed by atoms with Crippen molar-refractivity contribution < 1.29 is 14.5 Å². The van der Waals surface area contributed by atoms with E-state index in [-0.39, 0.29) is 16.9 Å². The fourth-order valence-electron chi connectivity index (χ4n) is 3.27. The van der Waals surface area contributed by atoms with Gasteiger partial charge in [-0.05, 0) is 32.0 Å². The molecule has 1 amide bonds. The summed E-state index contributed by atoms with van der Waals surface area (Å²) < 4.78 is 8.40. The Morgan fingerprint density at radius 2 is 2.13 bits per heavy atom. The van der Waals surface area contributed by atoms with Gasteiger partial charge in [0.25, 0.3) is 11.6 Å². The Kier molecular flexibility index (Phi) is 5.07. The van der Waals surface area contributed by atoms with Crippen molar-refractivity contribution in [1.29, 1.82) is 0 Å². The molecular weight excluding hydrogens is 402 g/mol. The topological polar surface area (TPSA) is 129 Å². The molecule has 0 aliphatic carbocycles. The molecule has 0 fully saturated rings. The number of amides is 1. The molecule has 0 spiro atoms. The highest BCUT2D eigenvalue weighted by Crippen LogP contribution is 2.30. The quantitative estimate of drug-likeness (QED) is 0.374. The standard InChI is InChI=1S/C20H19N7O4/c1-4-25-11-15(12(2)24-25)17-7-8-21-19-14(10-22-26(17)19)20(28)23-16-6-5-13(31-3)9-18(16)27(29)30/h5-11H,4H2,1-3H3,(H,23,28). The van der Waals surface area contributed by atoms with Crippen LogP contribution in [-0.2, 0) is 6.54 Å². The van der Waals surface area contributed by atoms with Crippen molar-refractivity contribution in [2.75, 3.05) is 12.4 Å². The predicted molar refractivity (Wildman–Crippen MR) is 112 cm³/mol. The molecule has 11 heteroatoms. The van der Waals surface area contributed by atoms with E-state index in [1.165, 1.54) is 31.5 Å². The number of methoxy groups -OCH3 is 1. The molecule has 3 heterocycles. The van der Waals surface area contributed by atoms with E-state index in [0.29, 0.717) is 11.4 Å². The van der Waals surface area contributed by atoms with Gasteiger partial charge in [0.15, 0.2) is 5.65 Å². The smallest absolute Gasteiger partial charge is 0.296 e. The third-order valence-electron chi connectivity index (χ3n) is 4.84. The summed E-state index contributed by atoms with van der Waals surface area (Å²) in [7, 11) is 1.41. The normalized spacial score (nSPS) is 10.9. The number of hydrogen-bond acceptors (Lipinski definition) is 7. The largest absolute Gasteiger partial charge is 0.496 e. The van der Waals surface area contributed by atoms with Crippen LogP contribution in [0.25, 0.3) is 16.9 Å². The first-order valence-corrected chi connectivity index (χ1v) is 9.44. The molecule has 4 aromatic rings. The Labute approximate surface area is 176 Å². The number of anilines is 1. The van der Waals surface area contributed by atoms with Crippen molar-refractivity contribution in [3.05, 3.63) is 64.2 Å². The highest BCUT2D eigenvalue weighted by Gasteiger charge is 2.22. The molecule has 0 aliphatic heterocycles. The fourth-order valence-corrected chi connectivity index (χ4v) is 3.27. The van der Waals surface area contributed by atoms with E-state index in [4.69, 9.17) is 4.74 Å². The van der Waals surface area contributed by atoms with Crippen molar-refractivity contribution in [1.82, 2.24) is 24.4 Å². The summed E-state index contributed by atoms with van der Waals surface area (Å²) in [6, 6.07) is 5.99. The summed E-state index contributed by atoms with van der Waals surface area (Å²) in [5.74, 6) is -0.246. The van der Waals surface area contributed by atoms with Crippen molar-refractivity contribution >= 4 is 22.9 Å². The van der Waals surface area contributed by atoms with Crippen LogP contribution in [0, 0.1) is 17.0 Å². The monoisotopic (exact) mass is 421 g/mol. The number of rotatable bonds is 6. The number of ether oxygens (including phenoxy) is 1. The van der Waals surface area contributed by atoms with E-state index in [1.807, 2.05) is 24.7 Å². The highest BCUT2D eigenvalue weighted by molar-refractivity contribution is 6.09. The minimum atomic E-state index is -0.585. The Hall–Kier alpha value is -4.28. The first-order chi connectivity index (χ1) is 14.9. The first-order valence-electron chi connectivity index (χ1n) is 9.44. The average molecular weight is 421 g/mol. The minimum absolute atomic E-state index is 0.0476. The van der Waals surface area contributed by atoms with Crippen LogP contribution in [0.5, 0.6) is 5.75 Å². The molecule has 0 aliphatic rings. The number of aromatic nitrogens is 5. The van der Waals surface area contributed by atoms with Crippen LogP contribution in [0.2, 0.25) is 0 Å². The molecule has 3 aromatic heterocycles. The van der Waals surface area contributed by atoms with Crippen LogP contribution < -0.4 is 10.1 Å². The van der Waals surface area contributed by atoms with Crippen LogP contribution in [0.3, 0.4) is 0 Å². The van der Waals surface area contributed by atoms with Crippen molar-refractivity contribution in [3.8, 4) is 17.0 Å². The van der Waals surface area contributed by atoms with Crippen LogP contribution in [-0.4, -0.2) is 42.3 Å². The molecule has 158 valence electrons. The number of fused-ring (bicyclic) bond motifs is 1. The van der Waals surface area contributed by atoms with E-state index in [1.54, 1.807) is 16.8 Å². The van der Waals surface area contributed by atoms with E-state index in [9.17, 15) is 14.9 Å². The van der Waals surface area contributed by atoms with Crippen LogP contribution in [0.4, 0.5) is 11.4 Å². The summed E-state index contributed by atoms with van der Waals surface area (Å²) in [6.07, 6.45) is 4.88. The lowest BCUT2D eigenvalue weighted by atomic mass is 10.2. The summed E-state index contributed by atoms with van der Waals surface area (Å²) in [5, 5.41) is 22.7. The van der Waals surface area contributed by atoms with Crippen molar-refractivity contribution in [2.45, 2.75) is 20.4 Å². The summed E-state index contributed by atoms with van der Waals surface area (Å²) in [5.41, 5.74) is 2.71. The lowest BCUT2D eigenvalue weighted by Gasteiger charge is -2.07. The molecule has 11 nitrogen and oxygen atoms in total. The van der Waals surface area contributed by atoms with Crippen LogP contribution >= 0.6 is 0 Å². The Morgan fingerprint density at radius 3 is 2.81 bits per heavy atom. The SMILES string of the molecule is CCn1cc(-c2ccnc3c(C(=O)Nc4ccc(OC)cc4[N+](=O)[O-])cnn23)c(C)n1. The number of benzene rings is 1. The molecule has 0 atom stereocenters. The third-order valence-corrected chi connectivity index (χ3v) is 4.84. The first kappa shape index (κ1) is 20.0. The Morgan fingerprint density at radius 1 is 1.32 bits per heavy atom. The number of carbonyl (C=O) groups excluding carboxylic acids is 1. The second-order valence-electron chi connectivity index (χ2n) is 6.70. The highest BCUT2D eigenvalue weighted by atomic mass is 16.6. The molecular formula is C20H19N7O4. The van der Waals surface area contributed by atoms with Crippen molar-refractivity contribution in [2.24, 2.45) is 0 Å². The zero-order valence-corrected chi connectivity index (χ0v) is 17.1. The van der Waals surface area contributed by atoms with Gasteiger partial charge in [-0.3, -0.25) is 19.6 Å². The molecule has 0 saturated carbocycles. The number of nitrogens with one attached hydrogen (secondary N) is 1. The summed E-state index contributed by atoms with van der Waals surface area (Å²) in [4.78, 5) is 28.0. The number of nitrogens with zero attached hydrogens (tertiary/aromatic N) is 6. The van der Waals surface area contributed by atoms with E-state index in [0.717, 1.165) is 23.5 Å².